The molecule has 0 radical (unpaired) electrons. The third kappa shape index (κ3) is 5.94. The van der Waals surface area contributed by atoms with Gasteiger partial charge in [-0.15, -0.1) is 35.9 Å². The SMILES string of the molecule is CSCC[C@H](N)C(=O)Nc1cccc(C2SCCS2)c1.Cl. The van der Waals surface area contributed by atoms with Crippen molar-refractivity contribution in [3.8, 4) is 0 Å². The van der Waals surface area contributed by atoms with Crippen LogP contribution in [0.4, 0.5) is 5.69 Å². The van der Waals surface area contributed by atoms with Crippen LogP contribution in [0.3, 0.4) is 0 Å². The first kappa shape index (κ1) is 19.0. The third-order valence-electron chi connectivity index (χ3n) is 3.02. The van der Waals surface area contributed by atoms with Gasteiger partial charge in [-0.25, -0.2) is 0 Å². The molecule has 2 rings (SSSR count). The van der Waals surface area contributed by atoms with Crippen LogP contribution in [-0.4, -0.2) is 35.5 Å². The first-order valence-electron chi connectivity index (χ1n) is 6.59. The van der Waals surface area contributed by atoms with Crippen molar-refractivity contribution in [2.45, 2.75) is 17.0 Å². The first-order valence-corrected chi connectivity index (χ1v) is 10.1. The molecule has 1 aliphatic rings. The quantitative estimate of drug-likeness (QED) is 0.807. The number of carbonyl (C=O) groups is 1. The van der Waals surface area contributed by atoms with Gasteiger partial charge in [0.05, 0.1) is 10.6 Å². The van der Waals surface area contributed by atoms with Gasteiger partial charge in [-0.3, -0.25) is 4.79 Å². The number of nitrogens with one attached hydrogen (secondary N) is 1. The lowest BCUT2D eigenvalue weighted by atomic mass is 10.2. The smallest absolute Gasteiger partial charge is 0.241 e. The molecule has 0 bridgehead atoms. The molecule has 21 heavy (non-hydrogen) atoms. The minimum absolute atomic E-state index is 0. The fraction of sp³-hybridized carbons (Fsp3) is 0.500. The van der Waals surface area contributed by atoms with Gasteiger partial charge in [-0.2, -0.15) is 11.8 Å². The van der Waals surface area contributed by atoms with Gasteiger partial charge in [0.25, 0.3) is 0 Å². The molecular formula is C14H21ClN2OS3. The van der Waals surface area contributed by atoms with E-state index >= 15 is 0 Å². The second kappa shape index (κ2) is 9.90. The Kier molecular flexibility index (Phi) is 8.97. The molecule has 1 atom stereocenters. The average molecular weight is 365 g/mol. The number of anilines is 1. The summed E-state index contributed by atoms with van der Waals surface area (Å²) in [4.78, 5) is 12.0. The number of nitrogens with two attached hydrogens (primary N) is 1. The molecule has 118 valence electrons. The minimum Gasteiger partial charge on any atom is -0.325 e. The highest BCUT2D eigenvalue weighted by molar-refractivity contribution is 8.19. The number of thioether (sulfide) groups is 3. The number of hydrogen-bond donors (Lipinski definition) is 2. The summed E-state index contributed by atoms with van der Waals surface area (Å²) in [6, 6.07) is 7.68. The summed E-state index contributed by atoms with van der Waals surface area (Å²) in [6.45, 7) is 0. The van der Waals surface area contributed by atoms with Crippen molar-refractivity contribution >= 4 is 59.3 Å². The van der Waals surface area contributed by atoms with Crippen molar-refractivity contribution in [2.75, 3.05) is 28.8 Å². The van der Waals surface area contributed by atoms with Crippen LogP contribution in [0.25, 0.3) is 0 Å². The number of carbonyl (C=O) groups excluding carboxylic acids is 1. The summed E-state index contributed by atoms with van der Waals surface area (Å²) in [6.07, 6.45) is 2.73. The van der Waals surface area contributed by atoms with E-state index in [2.05, 4.69) is 17.4 Å². The lowest BCUT2D eigenvalue weighted by Crippen LogP contribution is -2.36. The summed E-state index contributed by atoms with van der Waals surface area (Å²) in [5.41, 5.74) is 8.00. The topological polar surface area (TPSA) is 55.1 Å². The molecule has 0 unspecified atom stereocenters. The Morgan fingerprint density at radius 1 is 1.48 bits per heavy atom. The Morgan fingerprint density at radius 2 is 2.19 bits per heavy atom. The monoisotopic (exact) mass is 364 g/mol. The van der Waals surface area contributed by atoms with Crippen LogP contribution in [-0.2, 0) is 4.79 Å². The van der Waals surface area contributed by atoms with E-state index in [0.29, 0.717) is 11.0 Å². The molecule has 0 aliphatic carbocycles. The van der Waals surface area contributed by atoms with Gasteiger partial charge in [0.2, 0.25) is 5.91 Å². The second-order valence-electron chi connectivity index (χ2n) is 4.58. The standard InChI is InChI=1S/C14H20N2OS3.ClH/c1-18-6-5-12(15)13(17)16-11-4-2-3-10(9-11)14-19-7-8-20-14;/h2-4,9,12,14H,5-8,15H2,1H3,(H,16,17);1H/t12-;/m0./s1. The lowest BCUT2D eigenvalue weighted by Gasteiger charge is -2.14. The Bertz CT molecular complexity index is 456. The Hall–Kier alpha value is -0.0100. The first-order chi connectivity index (χ1) is 9.70. The van der Waals surface area contributed by atoms with Gasteiger partial charge < -0.3 is 11.1 Å². The molecule has 3 nitrogen and oxygen atoms in total. The summed E-state index contributed by atoms with van der Waals surface area (Å²) >= 11 is 5.63. The minimum atomic E-state index is -0.429. The zero-order valence-corrected chi connectivity index (χ0v) is 15.2. The summed E-state index contributed by atoms with van der Waals surface area (Å²) in [5.74, 6) is 3.21. The predicted molar refractivity (Wildman–Crippen MR) is 101 cm³/mol. The van der Waals surface area contributed by atoms with Gasteiger partial charge in [0, 0.05) is 17.2 Å². The largest absolute Gasteiger partial charge is 0.325 e. The maximum atomic E-state index is 12.0. The Morgan fingerprint density at radius 3 is 2.86 bits per heavy atom. The summed E-state index contributed by atoms with van der Waals surface area (Å²) in [7, 11) is 0. The van der Waals surface area contributed by atoms with Gasteiger partial charge >= 0.3 is 0 Å². The zero-order valence-electron chi connectivity index (χ0n) is 11.9. The molecule has 1 amide bonds. The van der Waals surface area contributed by atoms with Crippen LogP contribution in [0, 0.1) is 0 Å². The van der Waals surface area contributed by atoms with Gasteiger partial charge in [-0.05, 0) is 36.1 Å². The molecule has 0 saturated carbocycles. The number of amides is 1. The molecule has 3 N–H and O–H groups in total. The van der Waals surface area contributed by atoms with E-state index in [1.165, 1.54) is 17.1 Å². The highest BCUT2D eigenvalue weighted by Crippen LogP contribution is 2.45. The number of rotatable bonds is 6. The molecule has 1 heterocycles. The van der Waals surface area contributed by atoms with E-state index in [9.17, 15) is 4.79 Å². The lowest BCUT2D eigenvalue weighted by molar-refractivity contribution is -0.117. The van der Waals surface area contributed by atoms with E-state index < -0.39 is 6.04 Å². The molecule has 7 heteroatoms. The van der Waals surface area contributed by atoms with Crippen LogP contribution in [0.15, 0.2) is 24.3 Å². The maximum absolute atomic E-state index is 12.0. The Labute approximate surface area is 145 Å². The van der Waals surface area contributed by atoms with Crippen molar-refractivity contribution in [3.63, 3.8) is 0 Å². The molecule has 1 saturated heterocycles. The average Bonchev–Trinajstić information content (AvgIpc) is 2.99. The predicted octanol–water partition coefficient (Wildman–Crippen LogP) is 3.61. The molecule has 1 aliphatic heterocycles. The van der Waals surface area contributed by atoms with Crippen molar-refractivity contribution in [1.29, 1.82) is 0 Å². The molecule has 1 aromatic carbocycles. The van der Waals surface area contributed by atoms with Crippen LogP contribution in [0.1, 0.15) is 16.6 Å². The van der Waals surface area contributed by atoms with Crippen LogP contribution in [0.2, 0.25) is 0 Å². The van der Waals surface area contributed by atoms with Crippen LogP contribution >= 0.6 is 47.7 Å². The molecule has 1 aromatic rings. The fourth-order valence-corrected chi connectivity index (χ4v) is 5.25. The summed E-state index contributed by atoms with van der Waals surface area (Å²) < 4.78 is 0.497. The second-order valence-corrected chi connectivity index (χ2v) is 8.29. The zero-order chi connectivity index (χ0) is 14.4. The van der Waals surface area contributed by atoms with Crippen molar-refractivity contribution in [1.82, 2.24) is 0 Å². The molecule has 0 spiro atoms. The highest BCUT2D eigenvalue weighted by Gasteiger charge is 2.19. The van der Waals surface area contributed by atoms with E-state index in [4.69, 9.17) is 5.73 Å². The van der Waals surface area contributed by atoms with E-state index in [1.54, 1.807) is 11.8 Å². The number of benzene rings is 1. The van der Waals surface area contributed by atoms with Crippen LogP contribution < -0.4 is 11.1 Å². The van der Waals surface area contributed by atoms with Gasteiger partial charge in [0.1, 0.15) is 0 Å². The number of hydrogen-bond acceptors (Lipinski definition) is 5. The maximum Gasteiger partial charge on any atom is 0.241 e. The molecular weight excluding hydrogens is 344 g/mol. The number of halogens is 1. The highest BCUT2D eigenvalue weighted by atomic mass is 35.5. The van der Waals surface area contributed by atoms with Crippen LogP contribution in [0.5, 0.6) is 0 Å². The van der Waals surface area contributed by atoms with Crippen molar-refractivity contribution in [3.05, 3.63) is 29.8 Å². The van der Waals surface area contributed by atoms with E-state index in [-0.39, 0.29) is 18.3 Å². The fourth-order valence-electron chi connectivity index (χ4n) is 1.92. The molecule has 1 fully saturated rings. The Balaban J connectivity index is 0.00000220. The van der Waals surface area contributed by atoms with E-state index in [1.807, 2.05) is 41.9 Å². The summed E-state index contributed by atoms with van der Waals surface area (Å²) in [5, 5.41) is 2.92. The third-order valence-corrected chi connectivity index (χ3v) is 6.77. The van der Waals surface area contributed by atoms with E-state index in [0.717, 1.165) is 11.4 Å². The van der Waals surface area contributed by atoms with Gasteiger partial charge in [0.15, 0.2) is 0 Å². The van der Waals surface area contributed by atoms with Gasteiger partial charge in [-0.1, -0.05) is 12.1 Å². The normalized spacial score (nSPS) is 16.3. The molecule has 0 aromatic heterocycles. The van der Waals surface area contributed by atoms with Crippen molar-refractivity contribution < 1.29 is 4.79 Å². The van der Waals surface area contributed by atoms with Crippen molar-refractivity contribution in [2.24, 2.45) is 5.73 Å².